The van der Waals surface area contributed by atoms with Gasteiger partial charge in [-0.3, -0.25) is 14.6 Å². The second-order valence-electron chi connectivity index (χ2n) is 9.63. The smallest absolute Gasteiger partial charge is 0.441 e. The van der Waals surface area contributed by atoms with Crippen molar-refractivity contribution in [2.45, 2.75) is 58.7 Å². The number of likely N-dealkylation sites (tertiary alicyclic amines) is 1. The monoisotopic (exact) mass is 428 g/mol. The fourth-order valence-electron chi connectivity index (χ4n) is 4.35. The zero-order chi connectivity index (χ0) is 22.8. The third-order valence-corrected chi connectivity index (χ3v) is 6.16. The summed E-state index contributed by atoms with van der Waals surface area (Å²) in [6.07, 6.45) is 0.959. The number of carbonyl (C=O) groups excluding carboxylic acids is 1. The van der Waals surface area contributed by atoms with E-state index in [9.17, 15) is 14.7 Å². The van der Waals surface area contributed by atoms with Crippen molar-refractivity contribution in [3.05, 3.63) is 29.8 Å². The molecular weight excluding hydrogens is 396 g/mol. The molecule has 0 saturated carbocycles. The molecule has 8 nitrogen and oxygen atoms in total. The van der Waals surface area contributed by atoms with E-state index in [1.165, 1.54) is 0 Å². The number of Topliss-reactive ketones (excluding diaryl/α,β-unsaturated/α-hetero) is 1. The van der Waals surface area contributed by atoms with Crippen molar-refractivity contribution < 1.29 is 19.5 Å². The minimum Gasteiger partial charge on any atom is -0.463 e. The molecule has 0 aromatic heterocycles. The number of hydrogen-bond acceptors (Lipinski definition) is 6. The Bertz CT molecular complexity index is 829. The summed E-state index contributed by atoms with van der Waals surface area (Å²) >= 11 is 0. The molecule has 2 saturated heterocycles. The number of nitriles is 1. The summed E-state index contributed by atoms with van der Waals surface area (Å²) in [6, 6.07) is 8.67. The average Bonchev–Trinajstić information content (AvgIpc) is 2.93. The highest BCUT2D eigenvalue weighted by atomic mass is 16.7. The number of fused-ring (bicyclic) bond motifs is 2. The highest BCUT2D eigenvalue weighted by molar-refractivity contribution is 5.85. The highest BCUT2D eigenvalue weighted by Crippen LogP contribution is 2.31. The minimum atomic E-state index is -1.15. The number of hydroxylamine groups is 2. The van der Waals surface area contributed by atoms with E-state index >= 15 is 0 Å². The molecule has 1 aromatic rings. The van der Waals surface area contributed by atoms with E-state index in [2.05, 4.69) is 9.80 Å². The number of carboxylic acid groups (broad SMARTS) is 1. The van der Waals surface area contributed by atoms with Gasteiger partial charge in [0.1, 0.15) is 0 Å². The van der Waals surface area contributed by atoms with Gasteiger partial charge in [-0.15, -0.1) is 5.06 Å². The molecule has 2 heterocycles. The van der Waals surface area contributed by atoms with Gasteiger partial charge in [0, 0.05) is 37.1 Å². The normalized spacial score (nSPS) is 22.5. The summed E-state index contributed by atoms with van der Waals surface area (Å²) in [5, 5.41) is 19.6. The van der Waals surface area contributed by atoms with Crippen LogP contribution in [0, 0.1) is 16.7 Å². The van der Waals surface area contributed by atoms with Crippen LogP contribution in [0.4, 0.5) is 4.79 Å². The van der Waals surface area contributed by atoms with Crippen LogP contribution in [0.25, 0.3) is 0 Å². The number of hydrogen-bond donors (Lipinski definition) is 1. The van der Waals surface area contributed by atoms with Gasteiger partial charge in [0.2, 0.25) is 0 Å². The molecule has 1 amide bonds. The van der Waals surface area contributed by atoms with E-state index in [0.29, 0.717) is 36.5 Å². The second kappa shape index (κ2) is 9.25. The molecule has 0 spiro atoms. The number of carbonyl (C=O) groups is 2. The first kappa shape index (κ1) is 23.0. The van der Waals surface area contributed by atoms with Crippen LogP contribution in [0.1, 0.15) is 46.1 Å². The molecule has 2 aliphatic heterocycles. The minimum absolute atomic E-state index is 0.251. The van der Waals surface area contributed by atoms with Crippen molar-refractivity contribution in [1.82, 2.24) is 14.9 Å². The first-order valence-electron chi connectivity index (χ1n) is 10.8. The third kappa shape index (κ3) is 5.54. The number of piperazine rings is 1. The summed E-state index contributed by atoms with van der Waals surface area (Å²) in [6.45, 7) is 10.4. The molecule has 1 aromatic carbocycles. The zero-order valence-electron chi connectivity index (χ0n) is 18.7. The Balaban J connectivity index is 1.61. The number of benzene rings is 1. The van der Waals surface area contributed by atoms with Crippen molar-refractivity contribution in [2.24, 2.45) is 5.41 Å². The van der Waals surface area contributed by atoms with Crippen LogP contribution in [0.15, 0.2) is 24.3 Å². The van der Waals surface area contributed by atoms with E-state index in [0.717, 1.165) is 31.0 Å². The van der Waals surface area contributed by atoms with Gasteiger partial charge in [-0.25, -0.2) is 4.79 Å². The van der Waals surface area contributed by atoms with Crippen molar-refractivity contribution in [3.63, 3.8) is 0 Å². The largest absolute Gasteiger partial charge is 0.463 e. The molecule has 0 aliphatic carbocycles. The van der Waals surface area contributed by atoms with Gasteiger partial charge in [-0.1, -0.05) is 20.8 Å². The number of amides is 1. The van der Waals surface area contributed by atoms with Crippen molar-refractivity contribution in [2.75, 3.05) is 26.2 Å². The third-order valence-electron chi connectivity index (χ3n) is 6.16. The predicted octanol–water partition coefficient (Wildman–Crippen LogP) is 2.98. The van der Waals surface area contributed by atoms with Crippen LogP contribution >= 0.6 is 0 Å². The first-order chi connectivity index (χ1) is 14.6. The molecule has 3 rings (SSSR count). The lowest BCUT2D eigenvalue weighted by Gasteiger charge is -2.43. The van der Waals surface area contributed by atoms with Crippen molar-refractivity contribution in [1.29, 1.82) is 5.26 Å². The molecule has 31 heavy (non-hydrogen) atoms. The van der Waals surface area contributed by atoms with Crippen LogP contribution in [0.3, 0.4) is 0 Å². The summed E-state index contributed by atoms with van der Waals surface area (Å²) in [4.78, 5) is 34.5. The van der Waals surface area contributed by atoms with Crippen LogP contribution in [0.5, 0.6) is 5.75 Å². The molecule has 2 bridgehead atoms. The summed E-state index contributed by atoms with van der Waals surface area (Å²) in [5.41, 5.74) is 0.150. The maximum Gasteiger partial charge on any atom is 0.441 e. The van der Waals surface area contributed by atoms with Gasteiger partial charge in [-0.2, -0.15) is 5.26 Å². The highest BCUT2D eigenvalue weighted by Gasteiger charge is 2.42. The maximum absolute atomic E-state index is 12.4. The Kier molecular flexibility index (Phi) is 6.87. The van der Waals surface area contributed by atoms with Gasteiger partial charge < -0.3 is 9.94 Å². The Morgan fingerprint density at radius 1 is 1.23 bits per heavy atom. The Morgan fingerprint density at radius 2 is 1.81 bits per heavy atom. The van der Waals surface area contributed by atoms with E-state index < -0.39 is 6.09 Å². The quantitative estimate of drug-likeness (QED) is 0.667. The molecule has 3 atom stereocenters. The lowest BCUT2D eigenvalue weighted by atomic mass is 9.90. The fourth-order valence-corrected chi connectivity index (χ4v) is 4.35. The standard InChI is InChI=1S/C23H32N4O4/c1-16(27(22(29)30)31-20-9-5-17(11-24)6-10-20)12-26-18-7-8-19(26)14-25(13-18)15-21(28)23(2,3)4/h5-6,9-10,16,18-19H,7-8,12-15H2,1-4H3,(H,29,30). The fraction of sp³-hybridized carbons (Fsp3) is 0.609. The average molecular weight is 429 g/mol. The Morgan fingerprint density at radius 3 is 2.29 bits per heavy atom. The lowest BCUT2D eigenvalue weighted by Crippen LogP contribution is -2.58. The zero-order valence-corrected chi connectivity index (χ0v) is 18.7. The lowest BCUT2D eigenvalue weighted by molar-refractivity contribution is -0.128. The molecule has 1 N–H and O–H groups in total. The molecule has 8 heteroatoms. The molecule has 0 radical (unpaired) electrons. The second-order valence-corrected chi connectivity index (χ2v) is 9.63. The van der Waals surface area contributed by atoms with E-state index in [4.69, 9.17) is 10.1 Å². The predicted molar refractivity (Wildman–Crippen MR) is 116 cm³/mol. The van der Waals surface area contributed by atoms with Crippen LogP contribution in [-0.4, -0.2) is 76.2 Å². The molecular formula is C23H32N4O4. The van der Waals surface area contributed by atoms with Crippen LogP contribution in [-0.2, 0) is 4.79 Å². The molecule has 168 valence electrons. The van der Waals surface area contributed by atoms with Gasteiger partial charge in [0.15, 0.2) is 11.5 Å². The van der Waals surface area contributed by atoms with Crippen molar-refractivity contribution in [3.8, 4) is 11.8 Å². The topological polar surface area (TPSA) is 97.1 Å². The Hall–Kier alpha value is -2.63. The van der Waals surface area contributed by atoms with Gasteiger partial charge >= 0.3 is 6.09 Å². The summed E-state index contributed by atoms with van der Waals surface area (Å²) < 4.78 is 0. The Labute approximate surface area is 183 Å². The first-order valence-corrected chi connectivity index (χ1v) is 10.8. The van der Waals surface area contributed by atoms with E-state index in [1.54, 1.807) is 24.3 Å². The molecule has 2 aliphatic rings. The van der Waals surface area contributed by atoms with Gasteiger partial charge in [-0.05, 0) is 44.0 Å². The SMILES string of the molecule is CC(CN1C2CCC1CN(CC(=O)C(C)(C)C)C2)N(Oc1ccc(C#N)cc1)C(=O)O. The number of rotatable bonds is 7. The summed E-state index contributed by atoms with van der Waals surface area (Å²) in [7, 11) is 0. The van der Waals surface area contributed by atoms with E-state index in [1.807, 2.05) is 33.8 Å². The molecule has 3 unspecified atom stereocenters. The number of nitrogens with zero attached hydrogens (tertiary/aromatic N) is 4. The van der Waals surface area contributed by atoms with E-state index in [-0.39, 0.29) is 17.2 Å². The summed E-state index contributed by atoms with van der Waals surface area (Å²) in [5.74, 6) is 0.628. The molecule has 2 fully saturated rings. The van der Waals surface area contributed by atoms with Gasteiger partial charge in [0.05, 0.1) is 24.2 Å². The van der Waals surface area contributed by atoms with Crippen molar-refractivity contribution >= 4 is 11.9 Å². The van der Waals surface area contributed by atoms with Gasteiger partial charge in [0.25, 0.3) is 0 Å². The maximum atomic E-state index is 12.4. The number of ketones is 1. The van der Waals surface area contributed by atoms with Crippen LogP contribution < -0.4 is 4.84 Å². The van der Waals surface area contributed by atoms with Crippen LogP contribution in [0.2, 0.25) is 0 Å².